The van der Waals surface area contributed by atoms with Crippen LogP contribution in [0.25, 0.3) is 0 Å². The van der Waals surface area contributed by atoms with Crippen LogP contribution in [0.5, 0.6) is 5.75 Å². The molecular formula is C21H23F3N4O4S. The van der Waals surface area contributed by atoms with Crippen molar-refractivity contribution in [1.29, 1.82) is 0 Å². The summed E-state index contributed by atoms with van der Waals surface area (Å²) in [5.41, 5.74) is 3.53. The van der Waals surface area contributed by atoms with E-state index < -0.39 is 35.7 Å². The van der Waals surface area contributed by atoms with E-state index in [0.29, 0.717) is 6.42 Å². The van der Waals surface area contributed by atoms with E-state index in [0.717, 1.165) is 35.7 Å². The fourth-order valence-corrected chi connectivity index (χ4v) is 2.99. The lowest BCUT2D eigenvalue weighted by molar-refractivity contribution is -0.138. The summed E-state index contributed by atoms with van der Waals surface area (Å²) in [7, 11) is 0. The number of ether oxygens (including phenoxy) is 1. The first-order chi connectivity index (χ1) is 15.5. The van der Waals surface area contributed by atoms with Crippen LogP contribution < -0.4 is 26.7 Å². The minimum atomic E-state index is -4.66. The van der Waals surface area contributed by atoms with Gasteiger partial charge in [-0.25, -0.2) is 0 Å². The molecule has 33 heavy (non-hydrogen) atoms. The van der Waals surface area contributed by atoms with E-state index in [1.807, 2.05) is 6.92 Å². The topological polar surface area (TPSA) is 115 Å². The van der Waals surface area contributed by atoms with Crippen molar-refractivity contribution in [1.82, 2.24) is 9.88 Å². The highest BCUT2D eigenvalue weighted by molar-refractivity contribution is 7.80. The Morgan fingerprint density at radius 2 is 1.91 bits per heavy atom. The summed E-state index contributed by atoms with van der Waals surface area (Å²) >= 11 is 5.01. The lowest BCUT2D eigenvalue weighted by Crippen LogP contribution is -2.35. The number of rotatable bonds is 9. The van der Waals surface area contributed by atoms with Gasteiger partial charge in [0.15, 0.2) is 5.11 Å². The van der Waals surface area contributed by atoms with Crippen LogP contribution in [-0.2, 0) is 17.5 Å². The van der Waals surface area contributed by atoms with Crippen LogP contribution in [0, 0.1) is 0 Å². The Labute approximate surface area is 192 Å². The molecule has 0 spiro atoms. The maximum atomic E-state index is 13.5. The Balaban J connectivity index is 2.11. The number of carbonyl (C=O) groups is 2. The number of thiocarbonyl (C=S) groups is 1. The molecule has 2 aromatic rings. The molecule has 0 radical (unpaired) electrons. The maximum Gasteiger partial charge on any atom is 0.420 e. The Kier molecular flexibility index (Phi) is 8.97. The fourth-order valence-electron chi connectivity index (χ4n) is 2.78. The normalized spacial score (nSPS) is 11.0. The number of carbonyl (C=O) groups excluding carboxylic acids is 2. The minimum Gasteiger partial charge on any atom is -0.493 e. The molecule has 8 nitrogen and oxygen atoms in total. The zero-order valence-electron chi connectivity index (χ0n) is 17.7. The number of nitrogens with zero attached hydrogens (tertiary/aromatic N) is 1. The number of hydrogen-bond acceptors (Lipinski definition) is 5. The molecule has 0 aliphatic heterocycles. The molecule has 178 valence electrons. The molecule has 2 amide bonds. The van der Waals surface area contributed by atoms with Gasteiger partial charge < -0.3 is 20.4 Å². The number of hydrogen-bond donors (Lipinski definition) is 3. The highest BCUT2D eigenvalue weighted by atomic mass is 32.1. The molecule has 0 bridgehead atoms. The molecule has 4 N–H and O–H groups in total. The van der Waals surface area contributed by atoms with Crippen LogP contribution in [0.15, 0.2) is 41.3 Å². The molecule has 12 heteroatoms. The van der Waals surface area contributed by atoms with E-state index in [-0.39, 0.29) is 28.7 Å². The minimum absolute atomic E-state index is 0.00719. The average Bonchev–Trinajstić information content (AvgIpc) is 2.72. The van der Waals surface area contributed by atoms with Crippen LogP contribution in [-0.4, -0.2) is 28.1 Å². The van der Waals surface area contributed by atoms with Gasteiger partial charge in [-0.05, 0) is 42.9 Å². The third-order valence-electron chi connectivity index (χ3n) is 4.35. The lowest BCUT2D eigenvalue weighted by Gasteiger charge is -2.16. The molecule has 1 heterocycles. The van der Waals surface area contributed by atoms with Crippen molar-refractivity contribution in [2.75, 3.05) is 11.9 Å². The van der Waals surface area contributed by atoms with E-state index in [4.69, 9.17) is 22.7 Å². The summed E-state index contributed by atoms with van der Waals surface area (Å²) < 4.78 is 46.6. The van der Waals surface area contributed by atoms with Crippen molar-refractivity contribution < 1.29 is 27.5 Å². The first kappa shape index (κ1) is 25.8. The van der Waals surface area contributed by atoms with E-state index in [1.165, 1.54) is 18.2 Å². The number of halogens is 3. The van der Waals surface area contributed by atoms with Crippen LogP contribution in [0.4, 0.5) is 18.9 Å². The van der Waals surface area contributed by atoms with Gasteiger partial charge in [0.25, 0.3) is 11.5 Å². The van der Waals surface area contributed by atoms with Crippen LogP contribution in [0.1, 0.15) is 42.1 Å². The van der Waals surface area contributed by atoms with Crippen LogP contribution in [0.2, 0.25) is 0 Å². The Morgan fingerprint density at radius 1 is 1.18 bits per heavy atom. The number of nitrogens with two attached hydrogens (primary N) is 1. The summed E-state index contributed by atoms with van der Waals surface area (Å²) in [5.74, 6) is -1.81. The van der Waals surface area contributed by atoms with Crippen molar-refractivity contribution in [3.8, 4) is 5.75 Å². The summed E-state index contributed by atoms with van der Waals surface area (Å²) in [5, 5.41) is 4.56. The first-order valence-electron chi connectivity index (χ1n) is 9.96. The molecule has 0 aliphatic carbocycles. The number of benzene rings is 1. The number of amides is 2. The SMILES string of the molecule is CCCCCOc1ccc(NC(=S)NC(=O)c2ccc(=O)n(CC(N)=O)c2)cc1C(F)(F)F. The third-order valence-corrected chi connectivity index (χ3v) is 4.55. The van der Waals surface area contributed by atoms with Crippen molar-refractivity contribution in [2.45, 2.75) is 38.9 Å². The highest BCUT2D eigenvalue weighted by Crippen LogP contribution is 2.38. The zero-order chi connectivity index (χ0) is 24.6. The van der Waals surface area contributed by atoms with Crippen molar-refractivity contribution in [3.05, 3.63) is 58.0 Å². The Bertz CT molecular complexity index is 1090. The third kappa shape index (κ3) is 7.90. The molecule has 1 aromatic heterocycles. The summed E-state index contributed by atoms with van der Waals surface area (Å²) in [6.07, 6.45) is -1.15. The van der Waals surface area contributed by atoms with Gasteiger partial charge in [-0.1, -0.05) is 19.8 Å². The van der Waals surface area contributed by atoms with Gasteiger partial charge in [-0.15, -0.1) is 0 Å². The van der Waals surface area contributed by atoms with E-state index in [1.54, 1.807) is 0 Å². The van der Waals surface area contributed by atoms with Gasteiger partial charge in [0.05, 0.1) is 17.7 Å². The number of anilines is 1. The van der Waals surface area contributed by atoms with Gasteiger partial charge in [0.1, 0.15) is 12.3 Å². The van der Waals surface area contributed by atoms with Crippen molar-refractivity contribution >= 4 is 34.8 Å². The molecule has 1 aromatic carbocycles. The second-order valence-electron chi connectivity index (χ2n) is 7.02. The number of pyridine rings is 1. The number of primary amides is 1. The van der Waals surface area contributed by atoms with E-state index >= 15 is 0 Å². The second-order valence-corrected chi connectivity index (χ2v) is 7.43. The number of alkyl halides is 3. The van der Waals surface area contributed by atoms with Gasteiger partial charge in [-0.2, -0.15) is 13.2 Å². The smallest absolute Gasteiger partial charge is 0.420 e. The van der Waals surface area contributed by atoms with Gasteiger partial charge in [-0.3, -0.25) is 19.7 Å². The van der Waals surface area contributed by atoms with Gasteiger partial charge >= 0.3 is 6.18 Å². The number of unbranched alkanes of at least 4 members (excludes halogenated alkanes) is 2. The van der Waals surface area contributed by atoms with E-state index in [2.05, 4.69) is 10.6 Å². The van der Waals surface area contributed by atoms with Crippen LogP contribution in [0.3, 0.4) is 0 Å². The summed E-state index contributed by atoms with van der Waals surface area (Å²) in [6.45, 7) is 1.72. The van der Waals surface area contributed by atoms with Gasteiger partial charge in [0, 0.05) is 18.0 Å². The Hall–Kier alpha value is -3.41. The monoisotopic (exact) mass is 484 g/mol. The standard InChI is InChI=1S/C21H23F3N4O4S/c1-2-3-4-9-32-16-7-6-14(10-15(16)21(22,23)24)26-20(33)27-19(31)13-5-8-18(30)28(11-13)12-17(25)29/h5-8,10-11H,2-4,9,12H2,1H3,(H2,25,29)(H2,26,27,31,33). The van der Waals surface area contributed by atoms with E-state index in [9.17, 15) is 27.6 Å². The molecular weight excluding hydrogens is 461 g/mol. The lowest BCUT2D eigenvalue weighted by atomic mass is 10.1. The highest BCUT2D eigenvalue weighted by Gasteiger charge is 2.34. The molecule has 0 unspecified atom stereocenters. The molecule has 0 fully saturated rings. The molecule has 0 atom stereocenters. The number of aromatic nitrogens is 1. The average molecular weight is 485 g/mol. The molecule has 0 saturated heterocycles. The molecule has 2 rings (SSSR count). The molecule has 0 saturated carbocycles. The Morgan fingerprint density at radius 3 is 2.55 bits per heavy atom. The molecule has 0 aliphatic rings. The summed E-state index contributed by atoms with van der Waals surface area (Å²) in [4.78, 5) is 35.1. The quantitative estimate of drug-likeness (QED) is 0.372. The largest absolute Gasteiger partial charge is 0.493 e. The predicted octanol–water partition coefficient (Wildman–Crippen LogP) is 3.05. The fraction of sp³-hybridized carbons (Fsp3) is 0.333. The van der Waals surface area contributed by atoms with Crippen molar-refractivity contribution in [3.63, 3.8) is 0 Å². The van der Waals surface area contributed by atoms with Gasteiger partial charge in [0.2, 0.25) is 5.91 Å². The zero-order valence-corrected chi connectivity index (χ0v) is 18.5. The maximum absolute atomic E-state index is 13.5. The first-order valence-corrected chi connectivity index (χ1v) is 10.4. The van der Waals surface area contributed by atoms with Crippen LogP contribution >= 0.6 is 12.2 Å². The second kappa shape index (κ2) is 11.5. The number of nitrogens with one attached hydrogen (secondary N) is 2. The summed E-state index contributed by atoms with van der Waals surface area (Å²) in [6, 6.07) is 5.64. The van der Waals surface area contributed by atoms with Crippen molar-refractivity contribution in [2.24, 2.45) is 5.73 Å². The predicted molar refractivity (Wildman–Crippen MR) is 120 cm³/mol.